The maximum Gasteiger partial charge on any atom is 0.230 e. The molecule has 0 aromatic carbocycles. The van der Waals surface area contributed by atoms with E-state index in [-0.39, 0.29) is 0 Å². The van der Waals surface area contributed by atoms with Gasteiger partial charge < -0.3 is 25.0 Å². The van der Waals surface area contributed by atoms with Gasteiger partial charge >= 0.3 is 0 Å². The number of pyridine rings is 1. The Balaban J connectivity index is 1.49. The summed E-state index contributed by atoms with van der Waals surface area (Å²) in [5, 5.41) is 0. The third kappa shape index (κ3) is 2.73. The van der Waals surface area contributed by atoms with Crippen molar-refractivity contribution in [2.24, 2.45) is 5.41 Å². The quantitative estimate of drug-likeness (QED) is 0.826. The molecule has 2 N–H and O–H groups in total. The molecule has 9 nitrogen and oxygen atoms in total. The summed E-state index contributed by atoms with van der Waals surface area (Å²) in [5.74, 6) is 2.50. The molecule has 2 aromatic heterocycles. The van der Waals surface area contributed by atoms with Crippen LogP contribution in [0.15, 0.2) is 18.3 Å². The summed E-state index contributed by atoms with van der Waals surface area (Å²) in [4.78, 5) is 22.6. The normalized spacial score (nSPS) is 21.4. The fraction of sp³-hybridized carbons (Fsp3) is 0.529. The van der Waals surface area contributed by atoms with Crippen LogP contribution in [0.3, 0.4) is 0 Å². The molecule has 2 aromatic rings. The molecule has 0 amide bonds. The first-order valence-electron chi connectivity index (χ1n) is 8.84. The lowest BCUT2D eigenvalue weighted by Gasteiger charge is -2.54. The highest BCUT2D eigenvalue weighted by molar-refractivity contribution is 5.59. The summed E-state index contributed by atoms with van der Waals surface area (Å²) in [6.07, 6.45) is 1.70. The van der Waals surface area contributed by atoms with Gasteiger partial charge in [-0.15, -0.1) is 0 Å². The molecule has 0 aliphatic carbocycles. The number of nitrogens with two attached hydrogens (primary N) is 1. The molecule has 3 fully saturated rings. The Labute approximate surface area is 151 Å². The van der Waals surface area contributed by atoms with Gasteiger partial charge in [0.05, 0.1) is 31.8 Å². The molecule has 5 heterocycles. The minimum absolute atomic E-state index is 0.300. The molecule has 0 bridgehead atoms. The Morgan fingerprint density at radius 2 is 1.65 bits per heavy atom. The highest BCUT2D eigenvalue weighted by Crippen LogP contribution is 2.39. The lowest BCUT2D eigenvalue weighted by atomic mass is 9.78. The monoisotopic (exact) mass is 355 g/mol. The third-order valence-corrected chi connectivity index (χ3v) is 5.10. The highest BCUT2D eigenvalue weighted by Gasteiger charge is 2.50. The average molecular weight is 355 g/mol. The molecule has 0 unspecified atom stereocenters. The van der Waals surface area contributed by atoms with Crippen LogP contribution in [0.2, 0.25) is 0 Å². The zero-order valence-electron chi connectivity index (χ0n) is 14.5. The van der Waals surface area contributed by atoms with E-state index in [4.69, 9.17) is 25.2 Å². The van der Waals surface area contributed by atoms with Gasteiger partial charge in [-0.05, 0) is 12.1 Å². The molecular formula is C17H21N7O2. The standard InChI is InChI=1S/C17H21N7O2/c18-13-2-1-12(7-19-13)14-20-15(23-3-5-25-6-4-23)22-16(21-14)24-8-17(9-24)10-26-11-17/h1-2,7H,3-6,8-11H2,(H2,18,19). The van der Waals surface area contributed by atoms with E-state index in [9.17, 15) is 0 Å². The fourth-order valence-corrected chi connectivity index (χ4v) is 3.54. The van der Waals surface area contributed by atoms with Crippen LogP contribution in [0, 0.1) is 5.41 Å². The van der Waals surface area contributed by atoms with Crippen molar-refractivity contribution in [3.63, 3.8) is 0 Å². The summed E-state index contributed by atoms with van der Waals surface area (Å²) < 4.78 is 10.8. The zero-order chi connectivity index (χ0) is 17.6. The first-order chi connectivity index (χ1) is 12.7. The predicted octanol–water partition coefficient (Wildman–Crippen LogP) is 0.189. The van der Waals surface area contributed by atoms with Gasteiger partial charge in [-0.25, -0.2) is 4.98 Å². The van der Waals surface area contributed by atoms with Gasteiger partial charge in [0.25, 0.3) is 0 Å². The molecule has 9 heteroatoms. The van der Waals surface area contributed by atoms with Crippen LogP contribution < -0.4 is 15.5 Å². The second-order valence-electron chi connectivity index (χ2n) is 7.18. The molecule has 3 aliphatic heterocycles. The van der Waals surface area contributed by atoms with Gasteiger partial charge in [-0.3, -0.25) is 0 Å². The number of nitrogens with zero attached hydrogens (tertiary/aromatic N) is 6. The topological polar surface area (TPSA) is 103 Å². The molecule has 0 saturated carbocycles. The van der Waals surface area contributed by atoms with Crippen LogP contribution in [0.25, 0.3) is 11.4 Å². The van der Waals surface area contributed by atoms with Gasteiger partial charge in [0.2, 0.25) is 11.9 Å². The van der Waals surface area contributed by atoms with Crippen LogP contribution in [-0.4, -0.2) is 72.5 Å². The minimum Gasteiger partial charge on any atom is -0.384 e. The number of rotatable bonds is 3. The Hall–Kier alpha value is -2.52. The van der Waals surface area contributed by atoms with Crippen molar-refractivity contribution < 1.29 is 9.47 Å². The summed E-state index contributed by atoms with van der Waals surface area (Å²) in [5.41, 5.74) is 6.84. The van der Waals surface area contributed by atoms with Gasteiger partial charge in [-0.2, -0.15) is 15.0 Å². The fourth-order valence-electron chi connectivity index (χ4n) is 3.54. The van der Waals surface area contributed by atoms with Crippen molar-refractivity contribution in [1.29, 1.82) is 0 Å². The summed E-state index contributed by atoms with van der Waals surface area (Å²) in [6.45, 7) is 6.45. The van der Waals surface area contributed by atoms with Crippen molar-refractivity contribution in [2.75, 3.05) is 68.1 Å². The van der Waals surface area contributed by atoms with E-state index >= 15 is 0 Å². The molecular weight excluding hydrogens is 334 g/mol. The summed E-state index contributed by atoms with van der Waals surface area (Å²) in [7, 11) is 0. The summed E-state index contributed by atoms with van der Waals surface area (Å²) in [6, 6.07) is 3.65. The molecule has 3 saturated heterocycles. The van der Waals surface area contributed by atoms with Crippen molar-refractivity contribution in [1.82, 2.24) is 19.9 Å². The van der Waals surface area contributed by atoms with Crippen LogP contribution >= 0.6 is 0 Å². The number of anilines is 3. The lowest BCUT2D eigenvalue weighted by molar-refractivity contribution is -0.127. The second kappa shape index (κ2) is 6.03. The van der Waals surface area contributed by atoms with Gasteiger partial charge in [0.1, 0.15) is 5.82 Å². The van der Waals surface area contributed by atoms with Crippen molar-refractivity contribution in [2.45, 2.75) is 0 Å². The third-order valence-electron chi connectivity index (χ3n) is 5.10. The van der Waals surface area contributed by atoms with E-state index in [0.717, 1.165) is 45.0 Å². The van der Waals surface area contributed by atoms with E-state index in [1.165, 1.54) is 0 Å². The molecule has 3 aliphatic rings. The van der Waals surface area contributed by atoms with E-state index in [1.807, 2.05) is 6.07 Å². The Morgan fingerprint density at radius 3 is 2.27 bits per heavy atom. The molecule has 1 spiro atoms. The number of nitrogen functional groups attached to an aromatic ring is 1. The highest BCUT2D eigenvalue weighted by atomic mass is 16.5. The molecule has 0 atom stereocenters. The van der Waals surface area contributed by atoms with Crippen LogP contribution in [0.5, 0.6) is 0 Å². The SMILES string of the molecule is Nc1ccc(-c2nc(N3CCOCC3)nc(N3CC4(COC4)C3)n2)cn1. The Bertz CT molecular complexity index is 795. The minimum atomic E-state index is 0.300. The number of ether oxygens (including phenoxy) is 2. The average Bonchev–Trinajstić information content (AvgIpc) is 2.60. The first kappa shape index (κ1) is 15.7. The maximum atomic E-state index is 5.71. The van der Waals surface area contributed by atoms with E-state index < -0.39 is 0 Å². The van der Waals surface area contributed by atoms with Crippen molar-refractivity contribution in [3.05, 3.63) is 18.3 Å². The van der Waals surface area contributed by atoms with Crippen LogP contribution in [-0.2, 0) is 9.47 Å². The van der Waals surface area contributed by atoms with Crippen LogP contribution in [0.4, 0.5) is 17.7 Å². The number of morpholine rings is 1. The molecule has 0 radical (unpaired) electrons. The first-order valence-corrected chi connectivity index (χ1v) is 8.84. The molecule has 26 heavy (non-hydrogen) atoms. The Kier molecular flexibility index (Phi) is 3.64. The van der Waals surface area contributed by atoms with Crippen molar-refractivity contribution >= 4 is 17.7 Å². The van der Waals surface area contributed by atoms with Gasteiger partial charge in [0.15, 0.2) is 5.82 Å². The van der Waals surface area contributed by atoms with E-state index in [1.54, 1.807) is 12.3 Å². The van der Waals surface area contributed by atoms with Crippen molar-refractivity contribution in [3.8, 4) is 11.4 Å². The largest absolute Gasteiger partial charge is 0.384 e. The van der Waals surface area contributed by atoms with Gasteiger partial charge in [-0.1, -0.05) is 0 Å². The Morgan fingerprint density at radius 1 is 0.923 bits per heavy atom. The lowest BCUT2D eigenvalue weighted by Crippen LogP contribution is -2.66. The number of aromatic nitrogens is 4. The molecule has 136 valence electrons. The smallest absolute Gasteiger partial charge is 0.230 e. The van der Waals surface area contributed by atoms with Gasteiger partial charge in [0, 0.05) is 37.9 Å². The predicted molar refractivity (Wildman–Crippen MR) is 96.0 cm³/mol. The number of hydrogen-bond donors (Lipinski definition) is 1. The van der Waals surface area contributed by atoms with E-state index in [2.05, 4.69) is 19.8 Å². The number of hydrogen-bond acceptors (Lipinski definition) is 9. The summed E-state index contributed by atoms with van der Waals surface area (Å²) >= 11 is 0. The zero-order valence-corrected chi connectivity index (χ0v) is 14.5. The maximum absolute atomic E-state index is 5.71. The van der Waals surface area contributed by atoms with E-state index in [0.29, 0.717) is 42.2 Å². The second-order valence-corrected chi connectivity index (χ2v) is 7.18. The molecule has 5 rings (SSSR count). The van der Waals surface area contributed by atoms with Crippen LogP contribution in [0.1, 0.15) is 0 Å².